The van der Waals surface area contributed by atoms with Crippen LogP contribution in [0, 0.1) is 0 Å². The number of aromatic nitrogens is 2. The lowest BCUT2D eigenvalue weighted by Crippen LogP contribution is -2.62. The summed E-state index contributed by atoms with van der Waals surface area (Å²) in [6, 6.07) is -26.0. The number of rotatable bonds is 56. The van der Waals surface area contributed by atoms with Crippen LogP contribution < -0.4 is 108 Å². The zero-order chi connectivity index (χ0) is 85.1. The average molecular weight is 1650 g/mol. The van der Waals surface area contributed by atoms with Gasteiger partial charge in [0.25, 0.3) is 0 Å². The van der Waals surface area contributed by atoms with Gasteiger partial charge in [0.15, 0.2) is 0 Å². The number of carboxylic acid groups (broad SMARTS) is 1. The number of nitrogens with two attached hydrogens (primary N) is 5. The molecule has 630 valence electrons. The molecule has 0 aliphatic rings. The first kappa shape index (κ1) is 99.9. The maximum Gasteiger partial charge on any atom is 0.326 e. The molecule has 0 bridgehead atoms. The van der Waals surface area contributed by atoms with E-state index in [0.29, 0.717) is 12.8 Å². The Balaban J connectivity index is 3.36. The van der Waals surface area contributed by atoms with Crippen molar-refractivity contribution in [1.29, 1.82) is 0 Å². The van der Waals surface area contributed by atoms with Crippen LogP contribution in [-0.4, -0.2) is 319 Å². The summed E-state index contributed by atoms with van der Waals surface area (Å²) in [4.78, 5) is 257. The molecule has 0 unspecified atom stereocenters. The highest BCUT2D eigenvalue weighted by molar-refractivity contribution is 7.98. The maximum atomic E-state index is 14.0. The number of aromatic amines is 1. The van der Waals surface area contributed by atoms with Crippen LogP contribution in [0.1, 0.15) is 84.3 Å². The molecule has 0 spiro atoms. The van der Waals surface area contributed by atoms with Gasteiger partial charge >= 0.3 is 5.97 Å². The van der Waals surface area contributed by atoms with Gasteiger partial charge in [-0.3, -0.25) is 86.3 Å². The van der Waals surface area contributed by atoms with Crippen molar-refractivity contribution >= 4 is 148 Å². The number of nitrogens with zero attached hydrogens (tertiary/aromatic N) is 1. The molecule has 0 aliphatic heterocycles. The van der Waals surface area contributed by atoms with E-state index in [1.807, 2.05) is 5.32 Å². The smallest absolute Gasteiger partial charge is 0.326 e. The molecule has 50 heteroatoms. The Kier molecular flexibility index (Phi) is 47.2. The van der Waals surface area contributed by atoms with Crippen molar-refractivity contribution in [1.82, 2.24) is 89.7 Å². The van der Waals surface area contributed by atoms with Crippen molar-refractivity contribution in [2.75, 3.05) is 69.3 Å². The third-order valence-electron chi connectivity index (χ3n) is 15.8. The van der Waals surface area contributed by atoms with Crippen molar-refractivity contribution in [3.05, 3.63) is 18.2 Å². The molecule has 0 saturated heterocycles. The molecular weight excluding hydrogens is 1550 g/mol. The number of carboxylic acids is 1. The number of hydrogen-bond donors (Lipinski definition) is 28. The Morgan fingerprint density at radius 3 is 1.22 bits per heavy atom. The monoisotopic (exact) mass is 1650 g/mol. The maximum absolute atomic E-state index is 14.0. The van der Waals surface area contributed by atoms with Gasteiger partial charge in [0.1, 0.15) is 84.6 Å². The molecule has 16 atom stereocenters. The SMILES string of the molecule is CSCC[C@H](NC(=O)[C@H](CC(N)=O)NC(=O)[C@H](CO)NC(=O)[C@H](CO)NC(=O)[C@H](Cc1cnc[nH]1)NC(=O)[C@H](CO)NC(=O)[C@H](CO)NC(=O)[C@H](CS)NC(=O)CNC(=O)[C@H](C)N)C(=O)N[C@@H](C)C(=O)N[C@@H](CC(N)=O)C(=O)N[C@H](C(=O)N[C@@H](CCC(N)=O)C(=O)N[C@@H](CCSC)C(=O)N[C@@H](CCCCN)C(=O)O)[C@@H](C)O. The number of amides is 18. The highest BCUT2D eigenvalue weighted by Gasteiger charge is 2.39. The summed E-state index contributed by atoms with van der Waals surface area (Å²) in [5.41, 5.74) is 27.3. The van der Waals surface area contributed by atoms with Crippen LogP contribution in [0.15, 0.2) is 12.5 Å². The minimum atomic E-state index is -2.09. The summed E-state index contributed by atoms with van der Waals surface area (Å²) in [5.74, 6) is -22.4. The number of hydrogen-bond acceptors (Lipinski definition) is 30. The first-order valence-electron chi connectivity index (χ1n) is 34.5. The van der Waals surface area contributed by atoms with Gasteiger partial charge in [0.2, 0.25) is 106 Å². The fourth-order valence-corrected chi connectivity index (χ4v) is 10.8. The average Bonchev–Trinajstić information content (AvgIpc) is 1.12. The lowest BCUT2D eigenvalue weighted by molar-refractivity contribution is -0.142. The normalized spacial score (nSPS) is 15.3. The van der Waals surface area contributed by atoms with Gasteiger partial charge in [-0.1, -0.05) is 0 Å². The molecule has 0 fully saturated rings. The predicted octanol–water partition coefficient (Wildman–Crippen LogP) is -14.8. The van der Waals surface area contributed by atoms with Gasteiger partial charge in [0, 0.05) is 30.5 Å². The number of thioether (sulfide) groups is 2. The van der Waals surface area contributed by atoms with E-state index in [0.717, 1.165) is 25.6 Å². The van der Waals surface area contributed by atoms with Crippen LogP contribution in [0.5, 0.6) is 0 Å². The number of H-pyrrole nitrogens is 1. The van der Waals surface area contributed by atoms with E-state index in [1.165, 1.54) is 31.2 Å². The zero-order valence-corrected chi connectivity index (χ0v) is 64.4. The molecular formula is C62H104N22O25S3. The Labute approximate surface area is 655 Å². The van der Waals surface area contributed by atoms with Gasteiger partial charge in [-0.2, -0.15) is 36.2 Å². The molecule has 0 saturated carbocycles. The highest BCUT2D eigenvalue weighted by Crippen LogP contribution is 2.11. The molecule has 47 nitrogen and oxygen atoms in total. The topological polar surface area (TPSA) is 785 Å². The number of unbranched alkanes of at least 4 members (excludes halogenated alkanes) is 1. The number of aliphatic carboxylic acids is 1. The number of imidazole rings is 1. The fourth-order valence-electron chi connectivity index (χ4n) is 9.55. The zero-order valence-electron chi connectivity index (χ0n) is 61.9. The van der Waals surface area contributed by atoms with Gasteiger partial charge < -0.3 is 144 Å². The number of nitrogens with one attached hydrogen (secondary N) is 16. The second-order valence-electron chi connectivity index (χ2n) is 25.0. The Bertz CT molecular complexity index is 3380. The van der Waals surface area contributed by atoms with Crippen LogP contribution in [0.3, 0.4) is 0 Å². The molecule has 1 aromatic heterocycles. The van der Waals surface area contributed by atoms with Crippen LogP contribution >= 0.6 is 36.2 Å². The predicted molar refractivity (Wildman–Crippen MR) is 398 cm³/mol. The van der Waals surface area contributed by atoms with E-state index in [9.17, 15) is 122 Å². The fraction of sp³-hybridized carbons (Fsp3) is 0.645. The lowest BCUT2D eigenvalue weighted by atomic mass is 10.1. The molecule has 1 rings (SSSR count). The van der Waals surface area contributed by atoms with Gasteiger partial charge in [-0.05, 0) is 89.9 Å². The van der Waals surface area contributed by atoms with Crippen LogP contribution in [0.2, 0.25) is 0 Å². The second kappa shape index (κ2) is 53.0. The number of thiol groups is 1. The van der Waals surface area contributed by atoms with Crippen molar-refractivity contribution in [2.24, 2.45) is 28.7 Å². The summed E-state index contributed by atoms with van der Waals surface area (Å²) in [5, 5.41) is 94.5. The first-order chi connectivity index (χ1) is 52.8. The summed E-state index contributed by atoms with van der Waals surface area (Å²) in [6.07, 6.45) is 0.762. The standard InChI is InChI=1S/C62H104N22O25S3/c1-27(64)48(94)69-20-46(93)72-42(25-110)60(106)83-41(24-88)59(105)81-38(21-85)56(102)78-35(16-30-19-68-26-70-30)53(99)80-40(23-87)58(104)82-39(22-86)57(103)79-36(17-44(66)91)54(100)74-32(11-14-111-4)50(96)71-28(2)49(95)77-37(18-45(67)92)55(101)84-47(29(3)89)61(107)75-31(9-10-43(65)90)51(97)73-33(12-15-112-5)52(98)76-34(62(108)109)8-6-7-13-63/h19,26-29,31-42,47,85-89,110H,6-18,20-25,63-64H2,1-5H3,(H2,65,90)(H2,66,91)(H2,67,92)(H,68,70)(H,69,94)(H,71,96)(H,72,93)(H,73,97)(H,74,100)(H,75,107)(H,76,98)(H,77,95)(H,78,102)(H,79,103)(H,80,99)(H,81,105)(H,82,104)(H,83,106)(H,84,101)(H,108,109)/t27-,28-,29+,31-,32-,33-,34-,35-,36-,37-,38-,39-,40-,41-,42-,47-/m0/s1. The minimum absolute atomic E-state index is 0.00420. The molecule has 1 heterocycles. The number of aliphatic hydroxyl groups is 5. The van der Waals surface area contributed by atoms with Crippen molar-refractivity contribution in [2.45, 2.75) is 182 Å². The first-order valence-corrected chi connectivity index (χ1v) is 37.9. The second-order valence-corrected chi connectivity index (χ2v) is 27.3. The summed E-state index contributed by atoms with van der Waals surface area (Å²) in [6.45, 7) is -1.76. The van der Waals surface area contributed by atoms with Crippen LogP contribution in [-0.2, 0) is 97.5 Å². The van der Waals surface area contributed by atoms with Gasteiger partial charge in [0.05, 0.1) is 64.3 Å². The Morgan fingerprint density at radius 2 is 0.830 bits per heavy atom. The van der Waals surface area contributed by atoms with E-state index in [2.05, 4.69) is 97.0 Å². The molecule has 0 aliphatic carbocycles. The quantitative estimate of drug-likeness (QED) is 0.0213. The lowest BCUT2D eigenvalue weighted by Gasteiger charge is -2.28. The highest BCUT2D eigenvalue weighted by atomic mass is 32.2. The number of carbonyl (C=O) groups is 19. The largest absolute Gasteiger partial charge is 0.480 e. The molecule has 18 amide bonds. The number of aliphatic hydroxyl groups excluding tert-OH is 5. The summed E-state index contributed by atoms with van der Waals surface area (Å²) in [7, 11) is 0. The molecule has 112 heavy (non-hydrogen) atoms. The Morgan fingerprint density at radius 1 is 0.455 bits per heavy atom. The van der Waals surface area contributed by atoms with E-state index in [1.54, 1.807) is 12.5 Å². The molecule has 1 aromatic rings. The van der Waals surface area contributed by atoms with Gasteiger partial charge in [-0.15, -0.1) is 0 Å². The molecule has 32 N–H and O–H groups in total. The minimum Gasteiger partial charge on any atom is -0.480 e. The van der Waals surface area contributed by atoms with Crippen molar-refractivity contribution < 1.29 is 122 Å². The summed E-state index contributed by atoms with van der Waals surface area (Å²) >= 11 is 6.43. The van der Waals surface area contributed by atoms with Gasteiger partial charge in [-0.25, -0.2) is 9.78 Å². The van der Waals surface area contributed by atoms with Crippen LogP contribution in [0.4, 0.5) is 0 Å². The third kappa shape index (κ3) is 37.3. The van der Waals surface area contributed by atoms with E-state index >= 15 is 0 Å². The van der Waals surface area contributed by atoms with Crippen LogP contribution in [0.25, 0.3) is 0 Å². The van der Waals surface area contributed by atoms with E-state index in [4.69, 9.17) is 28.7 Å². The summed E-state index contributed by atoms with van der Waals surface area (Å²) < 4.78 is 0. The van der Waals surface area contributed by atoms with Crippen molar-refractivity contribution in [3.8, 4) is 0 Å². The van der Waals surface area contributed by atoms with E-state index < -0.39 is 274 Å². The number of primary amides is 3. The third-order valence-corrected chi connectivity index (χ3v) is 17.5. The molecule has 0 radical (unpaired) electrons. The molecule has 0 aromatic carbocycles. The van der Waals surface area contributed by atoms with Crippen molar-refractivity contribution in [3.63, 3.8) is 0 Å². The Hall–Kier alpha value is -10.1. The van der Waals surface area contributed by atoms with E-state index in [-0.39, 0.29) is 48.8 Å². The number of carbonyl (C=O) groups excluding carboxylic acids is 18.